The minimum Gasteiger partial charge on any atom is -0.0599 e. The average Bonchev–Trinajstić information content (AvgIpc) is 3.04. The summed E-state index contributed by atoms with van der Waals surface area (Å²) < 4.78 is 0. The second-order valence-corrected chi connectivity index (χ2v) is 29.2. The van der Waals surface area contributed by atoms with Gasteiger partial charge in [0.05, 0.1) is 0 Å². The van der Waals surface area contributed by atoms with Crippen LogP contribution < -0.4 is 0 Å². The first-order valence-corrected chi connectivity index (χ1v) is 24.9. The molecule has 0 saturated heterocycles. The van der Waals surface area contributed by atoms with Crippen molar-refractivity contribution >= 4 is 0 Å². The molecule has 0 nitrogen and oxygen atoms in total. The summed E-state index contributed by atoms with van der Waals surface area (Å²) in [5.41, 5.74) is 14.6. The number of hydrogen-bond donors (Lipinski definition) is 0. The molecule has 0 aromatic heterocycles. The van der Waals surface area contributed by atoms with Gasteiger partial charge in [-0.15, -0.1) is 0 Å². The molecule has 0 unspecified atom stereocenters. The zero-order chi connectivity index (χ0) is 49.6. The fourth-order valence-electron chi connectivity index (χ4n) is 8.00. The van der Waals surface area contributed by atoms with Gasteiger partial charge in [-0.05, 0) is 139 Å². The maximum absolute atomic E-state index is 2.29. The highest BCUT2D eigenvalue weighted by atomic mass is 14.2. The first-order chi connectivity index (χ1) is 28.6. The molecular weight excluding hydrogens is 769 g/mol. The molecule has 0 saturated carbocycles. The molecule has 0 fully saturated rings. The highest BCUT2D eigenvalue weighted by Crippen LogP contribution is 2.28. The molecule has 0 heteroatoms. The lowest BCUT2D eigenvalue weighted by Gasteiger charge is -2.20. The van der Waals surface area contributed by atoms with E-state index >= 15 is 0 Å². The molecule has 0 aliphatic rings. The van der Waals surface area contributed by atoms with Crippen LogP contribution in [0.2, 0.25) is 0 Å². The second-order valence-electron chi connectivity index (χ2n) is 29.2. The number of hydrogen-bond acceptors (Lipinski definition) is 0. The molecule has 0 amide bonds. The van der Waals surface area contributed by atoms with E-state index < -0.39 is 0 Å². The van der Waals surface area contributed by atoms with Crippen molar-refractivity contribution in [2.24, 2.45) is 43.3 Å². The van der Waals surface area contributed by atoms with E-state index in [0.717, 1.165) is 51.4 Å². The summed E-state index contributed by atoms with van der Waals surface area (Å²) >= 11 is 0. The molecular formula is C64H104. The Morgan fingerprint density at radius 3 is 0.266 bits per heavy atom. The third kappa shape index (κ3) is 33.4. The van der Waals surface area contributed by atoms with Crippen molar-refractivity contribution in [3.63, 3.8) is 0 Å². The van der Waals surface area contributed by atoms with Crippen LogP contribution in [0.15, 0.2) is 97.1 Å². The van der Waals surface area contributed by atoms with Gasteiger partial charge >= 0.3 is 0 Å². The summed E-state index contributed by atoms with van der Waals surface area (Å²) in [6.45, 7) is 54.9. The van der Waals surface area contributed by atoms with E-state index in [1.807, 2.05) is 0 Å². The van der Waals surface area contributed by atoms with Gasteiger partial charge in [0, 0.05) is 0 Å². The molecule has 0 aliphatic carbocycles. The molecule has 4 aromatic carbocycles. The quantitative estimate of drug-likeness (QED) is 0.165. The van der Waals surface area contributed by atoms with Crippen molar-refractivity contribution in [1.29, 1.82) is 0 Å². The number of benzene rings is 4. The molecule has 64 heavy (non-hydrogen) atoms. The van der Waals surface area contributed by atoms with Crippen LogP contribution in [0.25, 0.3) is 0 Å². The maximum atomic E-state index is 2.29. The van der Waals surface area contributed by atoms with Crippen molar-refractivity contribution < 1.29 is 0 Å². The van der Waals surface area contributed by atoms with E-state index in [1.54, 1.807) is 0 Å². The van der Waals surface area contributed by atoms with Crippen LogP contribution in [0.1, 0.15) is 211 Å². The van der Waals surface area contributed by atoms with Gasteiger partial charge in [-0.2, -0.15) is 0 Å². The molecule has 0 atom stereocenters. The molecule has 4 rings (SSSR count). The van der Waals surface area contributed by atoms with Crippen molar-refractivity contribution in [2.75, 3.05) is 0 Å². The Labute approximate surface area is 400 Å². The van der Waals surface area contributed by atoms with Crippen molar-refractivity contribution in [2.45, 2.75) is 218 Å². The van der Waals surface area contributed by atoms with E-state index in [-0.39, 0.29) is 0 Å². The third-order valence-corrected chi connectivity index (χ3v) is 9.97. The molecule has 0 aliphatic heterocycles. The third-order valence-electron chi connectivity index (χ3n) is 9.97. The smallest absolute Gasteiger partial charge is 0.0230 e. The topological polar surface area (TPSA) is 0 Å². The summed E-state index contributed by atoms with van der Waals surface area (Å²) in [5.74, 6) is 0. The lowest BCUT2D eigenvalue weighted by Crippen LogP contribution is -2.10. The van der Waals surface area contributed by atoms with Gasteiger partial charge in [0.1, 0.15) is 0 Å². The molecule has 0 spiro atoms. The highest BCUT2D eigenvalue weighted by molar-refractivity contribution is 5.27. The summed E-state index contributed by atoms with van der Waals surface area (Å²) in [4.78, 5) is 0. The standard InChI is InChI=1S/4C16H26/c4*1-15(2,3)11-13-7-9-14(10-8-13)12-16(4,5)6/h4*7-10H,11-12H2,1-6H3. The van der Waals surface area contributed by atoms with E-state index in [0.29, 0.717) is 43.3 Å². The van der Waals surface area contributed by atoms with Gasteiger partial charge in [-0.3, -0.25) is 0 Å². The SMILES string of the molecule is CC(C)(C)Cc1ccc(CC(C)(C)C)cc1.CC(C)(C)Cc1ccc(CC(C)(C)C)cc1.CC(C)(C)Cc1ccc(CC(C)(C)C)cc1.CC(C)(C)Cc1ccc(CC(C)(C)C)cc1. The zero-order valence-electron chi connectivity index (χ0n) is 46.9. The van der Waals surface area contributed by atoms with Gasteiger partial charge in [-0.25, -0.2) is 0 Å². The lowest BCUT2D eigenvalue weighted by atomic mass is 9.85. The molecule has 0 bridgehead atoms. The fraction of sp³-hybridized carbons (Fsp3) is 0.625. The van der Waals surface area contributed by atoms with Crippen LogP contribution in [-0.4, -0.2) is 0 Å². The van der Waals surface area contributed by atoms with Gasteiger partial charge in [0.25, 0.3) is 0 Å². The zero-order valence-corrected chi connectivity index (χ0v) is 46.9. The second kappa shape index (κ2) is 24.1. The Balaban J connectivity index is 0.000000427. The monoisotopic (exact) mass is 873 g/mol. The van der Waals surface area contributed by atoms with E-state index in [2.05, 4.69) is 263 Å². The predicted molar refractivity (Wildman–Crippen MR) is 291 cm³/mol. The summed E-state index contributed by atoms with van der Waals surface area (Å²) in [6, 6.07) is 36.5. The van der Waals surface area contributed by atoms with Crippen molar-refractivity contribution in [1.82, 2.24) is 0 Å². The molecule has 0 N–H and O–H groups in total. The first-order valence-electron chi connectivity index (χ1n) is 24.9. The molecule has 0 radical (unpaired) electrons. The van der Waals surface area contributed by atoms with Crippen LogP contribution >= 0.6 is 0 Å². The molecule has 0 heterocycles. The van der Waals surface area contributed by atoms with Crippen molar-refractivity contribution in [3.8, 4) is 0 Å². The van der Waals surface area contributed by atoms with Gasteiger partial charge in [0.15, 0.2) is 0 Å². The average molecular weight is 874 g/mol. The molecule has 4 aromatic rings. The molecule has 360 valence electrons. The van der Waals surface area contributed by atoms with Gasteiger partial charge in [0.2, 0.25) is 0 Å². The largest absolute Gasteiger partial charge is 0.0599 e. The van der Waals surface area contributed by atoms with E-state index in [9.17, 15) is 0 Å². The van der Waals surface area contributed by atoms with Crippen LogP contribution in [-0.2, 0) is 51.4 Å². The highest BCUT2D eigenvalue weighted by Gasteiger charge is 2.17. The summed E-state index contributed by atoms with van der Waals surface area (Å²) in [6.07, 6.45) is 9.24. The van der Waals surface area contributed by atoms with Gasteiger partial charge in [-0.1, -0.05) is 263 Å². The Bertz CT molecular complexity index is 1410. The van der Waals surface area contributed by atoms with E-state index in [1.165, 1.54) is 44.5 Å². The van der Waals surface area contributed by atoms with E-state index in [4.69, 9.17) is 0 Å². The Morgan fingerprint density at radius 1 is 0.156 bits per heavy atom. The predicted octanol–water partition coefficient (Wildman–Crippen LogP) is 19.5. The normalized spacial score (nSPS) is 12.9. The minimum absolute atomic E-state index is 0.380. The maximum Gasteiger partial charge on any atom is -0.0230 e. The van der Waals surface area contributed by atoms with Crippen LogP contribution in [0.3, 0.4) is 0 Å². The summed E-state index contributed by atoms with van der Waals surface area (Å²) in [5, 5.41) is 0. The lowest BCUT2D eigenvalue weighted by molar-refractivity contribution is 0.407. The fourth-order valence-corrected chi connectivity index (χ4v) is 8.00. The van der Waals surface area contributed by atoms with Gasteiger partial charge < -0.3 is 0 Å². The minimum atomic E-state index is 0.380. The number of rotatable bonds is 8. The van der Waals surface area contributed by atoms with Crippen molar-refractivity contribution in [3.05, 3.63) is 142 Å². The Kier molecular flexibility index (Phi) is 22.1. The van der Waals surface area contributed by atoms with Crippen LogP contribution in [0.5, 0.6) is 0 Å². The first kappa shape index (κ1) is 58.9. The Hall–Kier alpha value is -3.12. The Morgan fingerprint density at radius 2 is 0.219 bits per heavy atom. The van der Waals surface area contributed by atoms with Crippen LogP contribution in [0, 0.1) is 43.3 Å². The summed E-state index contributed by atoms with van der Waals surface area (Å²) in [7, 11) is 0. The van der Waals surface area contributed by atoms with Crippen LogP contribution in [0.4, 0.5) is 0 Å².